The van der Waals surface area contributed by atoms with Crippen LogP contribution < -0.4 is 4.74 Å². The number of rotatable bonds is 6. The third-order valence-corrected chi connectivity index (χ3v) is 4.21. The van der Waals surface area contributed by atoms with E-state index in [-0.39, 0.29) is 12.5 Å². The summed E-state index contributed by atoms with van der Waals surface area (Å²) < 4.78 is 48.3. The van der Waals surface area contributed by atoms with Gasteiger partial charge < -0.3 is 14.4 Å². The van der Waals surface area contributed by atoms with E-state index >= 15 is 0 Å². The minimum atomic E-state index is -4.35. The molecule has 1 aliphatic rings. The SMILES string of the molecule is COCCN1Cc2ccc(OCc3ccc(C(F)(F)F)cc3)cc2C1=O. The Kier molecular flexibility index (Phi) is 5.18. The molecule has 0 saturated heterocycles. The molecule has 3 rings (SSSR count). The molecule has 4 nitrogen and oxygen atoms in total. The second-order valence-electron chi connectivity index (χ2n) is 6.02. The van der Waals surface area contributed by atoms with Gasteiger partial charge in [-0.1, -0.05) is 18.2 Å². The van der Waals surface area contributed by atoms with Crippen LogP contribution in [-0.4, -0.2) is 31.1 Å². The minimum absolute atomic E-state index is 0.0722. The highest BCUT2D eigenvalue weighted by atomic mass is 19.4. The monoisotopic (exact) mass is 365 g/mol. The number of hydrogen-bond donors (Lipinski definition) is 0. The normalized spacial score (nSPS) is 13.8. The Bertz CT molecular complexity index is 788. The van der Waals surface area contributed by atoms with Crippen LogP contribution in [0.4, 0.5) is 13.2 Å². The maximum absolute atomic E-state index is 12.6. The number of nitrogens with zero attached hydrogens (tertiary/aromatic N) is 1. The van der Waals surface area contributed by atoms with Crippen molar-refractivity contribution in [2.24, 2.45) is 0 Å². The fourth-order valence-electron chi connectivity index (χ4n) is 2.77. The van der Waals surface area contributed by atoms with Gasteiger partial charge in [0.2, 0.25) is 0 Å². The first-order valence-corrected chi connectivity index (χ1v) is 8.08. The predicted octanol–water partition coefficient (Wildman–Crippen LogP) is 3.89. The zero-order valence-electron chi connectivity index (χ0n) is 14.2. The number of hydrogen-bond acceptors (Lipinski definition) is 3. The van der Waals surface area contributed by atoms with Crippen LogP contribution >= 0.6 is 0 Å². The predicted molar refractivity (Wildman–Crippen MR) is 88.8 cm³/mol. The molecular weight excluding hydrogens is 347 g/mol. The Labute approximate surface area is 149 Å². The molecule has 2 aromatic carbocycles. The van der Waals surface area contributed by atoms with E-state index in [0.717, 1.165) is 17.7 Å². The van der Waals surface area contributed by atoms with Gasteiger partial charge in [0.05, 0.1) is 12.2 Å². The van der Waals surface area contributed by atoms with Gasteiger partial charge in [0.15, 0.2) is 0 Å². The van der Waals surface area contributed by atoms with Crippen molar-refractivity contribution in [3.8, 4) is 5.75 Å². The fourth-order valence-corrected chi connectivity index (χ4v) is 2.77. The molecule has 1 heterocycles. The number of methoxy groups -OCH3 is 1. The summed E-state index contributed by atoms with van der Waals surface area (Å²) in [6.45, 7) is 1.65. The van der Waals surface area contributed by atoms with Crippen molar-refractivity contribution in [1.82, 2.24) is 4.90 Å². The molecule has 0 radical (unpaired) electrons. The molecule has 0 N–H and O–H groups in total. The molecule has 1 aliphatic heterocycles. The Morgan fingerprint density at radius 2 is 1.85 bits per heavy atom. The lowest BCUT2D eigenvalue weighted by Gasteiger charge is -2.14. The average Bonchev–Trinajstić information content (AvgIpc) is 2.93. The Morgan fingerprint density at radius 1 is 1.12 bits per heavy atom. The minimum Gasteiger partial charge on any atom is -0.489 e. The van der Waals surface area contributed by atoms with Gasteiger partial charge in [0.1, 0.15) is 12.4 Å². The van der Waals surface area contributed by atoms with Gasteiger partial charge in [-0.3, -0.25) is 4.79 Å². The number of carbonyl (C=O) groups excluding carboxylic acids is 1. The first kappa shape index (κ1) is 18.3. The number of benzene rings is 2. The maximum atomic E-state index is 12.6. The lowest BCUT2D eigenvalue weighted by molar-refractivity contribution is -0.137. The highest BCUT2D eigenvalue weighted by Gasteiger charge is 2.30. The topological polar surface area (TPSA) is 38.8 Å². The molecule has 138 valence electrons. The molecule has 0 aromatic heterocycles. The molecule has 26 heavy (non-hydrogen) atoms. The standard InChI is InChI=1S/C19H18F3NO3/c1-25-9-8-23-11-14-4-7-16(10-17(14)18(23)24)26-12-13-2-5-15(6-3-13)19(20,21)22/h2-7,10H,8-9,11-12H2,1H3. The van der Waals surface area contributed by atoms with Gasteiger partial charge >= 0.3 is 6.18 Å². The van der Waals surface area contributed by atoms with Crippen LogP contribution in [-0.2, 0) is 24.1 Å². The quantitative estimate of drug-likeness (QED) is 0.780. The van der Waals surface area contributed by atoms with Crippen molar-refractivity contribution in [1.29, 1.82) is 0 Å². The smallest absolute Gasteiger partial charge is 0.416 e. The Balaban J connectivity index is 1.64. The first-order chi connectivity index (χ1) is 12.4. The maximum Gasteiger partial charge on any atom is 0.416 e. The van der Waals surface area contributed by atoms with Gasteiger partial charge in [0.25, 0.3) is 5.91 Å². The van der Waals surface area contributed by atoms with Gasteiger partial charge in [-0.2, -0.15) is 13.2 Å². The number of ether oxygens (including phenoxy) is 2. The third kappa shape index (κ3) is 3.99. The van der Waals surface area contributed by atoms with E-state index in [1.807, 2.05) is 6.07 Å². The third-order valence-electron chi connectivity index (χ3n) is 4.21. The van der Waals surface area contributed by atoms with Gasteiger partial charge in [-0.15, -0.1) is 0 Å². The lowest BCUT2D eigenvalue weighted by Crippen LogP contribution is -2.27. The summed E-state index contributed by atoms with van der Waals surface area (Å²) in [5.74, 6) is 0.433. The van der Waals surface area contributed by atoms with E-state index in [1.54, 1.807) is 24.1 Å². The fraction of sp³-hybridized carbons (Fsp3) is 0.316. The van der Waals surface area contributed by atoms with E-state index in [9.17, 15) is 18.0 Å². The number of carbonyl (C=O) groups is 1. The molecule has 0 saturated carbocycles. The molecule has 0 spiro atoms. The molecule has 7 heteroatoms. The summed E-state index contributed by atoms with van der Waals surface area (Å²) in [6.07, 6.45) is -4.35. The molecule has 0 fully saturated rings. The summed E-state index contributed by atoms with van der Waals surface area (Å²) in [4.78, 5) is 14.1. The van der Waals surface area contributed by atoms with E-state index in [1.165, 1.54) is 12.1 Å². The molecule has 0 bridgehead atoms. The molecule has 0 atom stereocenters. The Hall–Kier alpha value is -2.54. The van der Waals surface area contributed by atoms with Crippen LogP contribution in [0.3, 0.4) is 0 Å². The zero-order chi connectivity index (χ0) is 18.7. The van der Waals surface area contributed by atoms with Crippen LogP contribution in [0, 0.1) is 0 Å². The molecule has 0 aliphatic carbocycles. The Morgan fingerprint density at radius 3 is 2.50 bits per heavy atom. The molecular formula is C19H18F3NO3. The number of amides is 1. The summed E-state index contributed by atoms with van der Waals surface area (Å²) >= 11 is 0. The second-order valence-corrected chi connectivity index (χ2v) is 6.02. The van der Waals surface area contributed by atoms with E-state index in [0.29, 0.717) is 36.6 Å². The van der Waals surface area contributed by atoms with Crippen molar-refractivity contribution >= 4 is 5.91 Å². The zero-order valence-corrected chi connectivity index (χ0v) is 14.2. The van der Waals surface area contributed by atoms with Crippen LogP contribution in [0.2, 0.25) is 0 Å². The van der Waals surface area contributed by atoms with Gasteiger partial charge in [-0.05, 0) is 35.4 Å². The lowest BCUT2D eigenvalue weighted by atomic mass is 10.1. The van der Waals surface area contributed by atoms with E-state index in [2.05, 4.69) is 0 Å². The largest absolute Gasteiger partial charge is 0.489 e. The second kappa shape index (κ2) is 7.37. The molecule has 0 unspecified atom stereocenters. The van der Waals surface area contributed by atoms with Gasteiger partial charge in [-0.25, -0.2) is 0 Å². The van der Waals surface area contributed by atoms with Crippen molar-refractivity contribution in [2.75, 3.05) is 20.3 Å². The molecule has 1 amide bonds. The summed E-state index contributed by atoms with van der Waals surface area (Å²) in [7, 11) is 1.58. The molecule has 2 aromatic rings. The van der Waals surface area contributed by atoms with Gasteiger partial charge in [0, 0.05) is 25.8 Å². The first-order valence-electron chi connectivity index (χ1n) is 8.08. The van der Waals surface area contributed by atoms with Crippen LogP contribution in [0.5, 0.6) is 5.75 Å². The van der Waals surface area contributed by atoms with E-state index < -0.39 is 11.7 Å². The number of halogens is 3. The number of fused-ring (bicyclic) bond motifs is 1. The van der Waals surface area contributed by atoms with Crippen LogP contribution in [0.25, 0.3) is 0 Å². The highest BCUT2D eigenvalue weighted by Crippen LogP contribution is 2.30. The van der Waals surface area contributed by atoms with Crippen molar-refractivity contribution < 1.29 is 27.4 Å². The summed E-state index contributed by atoms with van der Waals surface area (Å²) in [5.41, 5.74) is 1.44. The van der Waals surface area contributed by atoms with Crippen LogP contribution in [0.15, 0.2) is 42.5 Å². The van der Waals surface area contributed by atoms with Crippen molar-refractivity contribution in [3.05, 3.63) is 64.7 Å². The van der Waals surface area contributed by atoms with Crippen molar-refractivity contribution in [3.63, 3.8) is 0 Å². The summed E-state index contributed by atoms with van der Waals surface area (Å²) in [6, 6.07) is 10.1. The average molecular weight is 365 g/mol. The summed E-state index contributed by atoms with van der Waals surface area (Å²) in [5, 5.41) is 0. The van der Waals surface area contributed by atoms with Crippen LogP contribution in [0.1, 0.15) is 27.0 Å². The van der Waals surface area contributed by atoms with E-state index in [4.69, 9.17) is 9.47 Å². The highest BCUT2D eigenvalue weighted by molar-refractivity contribution is 5.98. The number of alkyl halides is 3. The van der Waals surface area contributed by atoms with Crippen molar-refractivity contribution in [2.45, 2.75) is 19.3 Å².